The summed E-state index contributed by atoms with van der Waals surface area (Å²) in [6.45, 7) is 16.8. The van der Waals surface area contributed by atoms with Crippen LogP contribution in [-0.2, 0) is 15.6 Å². The van der Waals surface area contributed by atoms with Crippen LogP contribution in [0.2, 0.25) is 18.1 Å². The minimum atomic E-state index is -2.19. The molecule has 2 aromatic carbocycles. The van der Waals surface area contributed by atoms with Gasteiger partial charge in [0.05, 0.1) is 17.1 Å². The number of nitro benzene ring substituents is 1. The van der Waals surface area contributed by atoms with E-state index in [4.69, 9.17) is 9.16 Å². The number of ether oxygens (including phenoxy) is 1. The molecular formula is C29H42N2O5Si. The lowest BCUT2D eigenvalue weighted by atomic mass is 10.0. The highest BCUT2D eigenvalue weighted by Crippen LogP contribution is 2.44. The number of rotatable bonds is 7. The average molecular weight is 527 g/mol. The summed E-state index contributed by atoms with van der Waals surface area (Å²) < 4.78 is 12.9. The van der Waals surface area contributed by atoms with E-state index in [0.717, 1.165) is 24.0 Å². The van der Waals surface area contributed by atoms with Crippen LogP contribution in [0.3, 0.4) is 0 Å². The number of likely N-dealkylation sites (tertiary alicyclic amines) is 1. The second-order valence-electron chi connectivity index (χ2n) is 12.5. The molecule has 0 radical (unpaired) electrons. The van der Waals surface area contributed by atoms with E-state index in [0.29, 0.717) is 6.42 Å². The molecule has 37 heavy (non-hydrogen) atoms. The molecule has 0 spiro atoms. The molecule has 1 saturated heterocycles. The molecule has 8 heteroatoms. The van der Waals surface area contributed by atoms with Gasteiger partial charge >= 0.3 is 6.09 Å². The molecule has 1 heterocycles. The second-order valence-corrected chi connectivity index (χ2v) is 17.3. The Morgan fingerprint density at radius 2 is 1.62 bits per heavy atom. The van der Waals surface area contributed by atoms with E-state index in [2.05, 4.69) is 46.0 Å². The molecule has 0 bridgehead atoms. The van der Waals surface area contributed by atoms with E-state index in [1.807, 2.05) is 43.9 Å². The summed E-state index contributed by atoms with van der Waals surface area (Å²) in [5.74, 6) is 0. The lowest BCUT2D eigenvalue weighted by Gasteiger charge is -2.43. The number of carbonyl (C=O) groups excluding carboxylic acids is 1. The number of non-ortho nitro benzene ring substituents is 1. The lowest BCUT2D eigenvalue weighted by Crippen LogP contribution is -2.50. The van der Waals surface area contributed by atoms with Crippen molar-refractivity contribution in [3.8, 4) is 0 Å². The van der Waals surface area contributed by atoms with Crippen LogP contribution in [0.4, 0.5) is 10.5 Å². The fourth-order valence-corrected chi connectivity index (χ4v) is 5.82. The zero-order valence-corrected chi connectivity index (χ0v) is 24.5. The molecule has 3 rings (SSSR count). The number of amides is 1. The molecule has 0 unspecified atom stereocenters. The molecule has 7 nitrogen and oxygen atoms in total. The van der Waals surface area contributed by atoms with Crippen molar-refractivity contribution in [1.29, 1.82) is 0 Å². The van der Waals surface area contributed by atoms with Crippen molar-refractivity contribution in [3.63, 3.8) is 0 Å². The molecule has 1 aliphatic rings. The highest BCUT2D eigenvalue weighted by atomic mass is 28.4. The fraction of sp³-hybridized carbons (Fsp3) is 0.552. The van der Waals surface area contributed by atoms with Crippen molar-refractivity contribution in [2.24, 2.45) is 0 Å². The fourth-order valence-electron chi connectivity index (χ4n) is 4.54. The van der Waals surface area contributed by atoms with Crippen LogP contribution in [0.15, 0.2) is 54.6 Å². The minimum Gasteiger partial charge on any atom is -0.444 e. The van der Waals surface area contributed by atoms with E-state index in [9.17, 15) is 14.9 Å². The topological polar surface area (TPSA) is 81.9 Å². The van der Waals surface area contributed by atoms with Gasteiger partial charge in [-0.2, -0.15) is 0 Å². The Morgan fingerprint density at radius 3 is 2.14 bits per heavy atom. The van der Waals surface area contributed by atoms with Gasteiger partial charge in [-0.3, -0.25) is 15.0 Å². The predicted molar refractivity (Wildman–Crippen MR) is 149 cm³/mol. The quantitative estimate of drug-likeness (QED) is 0.210. The molecule has 1 fully saturated rings. The largest absolute Gasteiger partial charge is 0.444 e. The maximum Gasteiger partial charge on any atom is 0.410 e. The molecule has 0 aromatic heterocycles. The van der Waals surface area contributed by atoms with Gasteiger partial charge in [-0.1, -0.05) is 63.2 Å². The predicted octanol–water partition coefficient (Wildman–Crippen LogP) is 7.67. The molecule has 1 aliphatic heterocycles. The van der Waals surface area contributed by atoms with Crippen LogP contribution in [0, 0.1) is 10.1 Å². The third-order valence-electron chi connectivity index (χ3n) is 7.47. The molecule has 0 aliphatic carbocycles. The third kappa shape index (κ3) is 7.20. The Labute approximate surface area is 222 Å². The number of hydrogen-bond acceptors (Lipinski definition) is 5. The standard InChI is InChI=1S/C29H42N2O5Si/c1-28(2,3)35-27(32)30-24(20-21-14-16-23(17-15-21)31(33)34)18-19-25(30)26(22-12-10-9-11-13-22)36-37(7,8)29(4,5)6/h9-17,24-26H,18-20H2,1-8H3/t24-,25-,26-/m1/s1. The summed E-state index contributed by atoms with van der Waals surface area (Å²) in [5, 5.41) is 11.1. The van der Waals surface area contributed by atoms with Gasteiger partial charge in [0.2, 0.25) is 0 Å². The van der Waals surface area contributed by atoms with Crippen molar-refractivity contribution >= 4 is 20.1 Å². The van der Waals surface area contributed by atoms with Crippen molar-refractivity contribution < 1.29 is 18.9 Å². The van der Waals surface area contributed by atoms with Gasteiger partial charge in [0.25, 0.3) is 5.69 Å². The van der Waals surface area contributed by atoms with Crippen LogP contribution in [0.25, 0.3) is 0 Å². The van der Waals surface area contributed by atoms with Gasteiger partial charge in [0.15, 0.2) is 8.32 Å². The number of benzene rings is 2. The number of carbonyl (C=O) groups is 1. The first-order chi connectivity index (χ1) is 17.1. The summed E-state index contributed by atoms with van der Waals surface area (Å²) in [7, 11) is -2.19. The zero-order chi connectivity index (χ0) is 27.6. The van der Waals surface area contributed by atoms with E-state index < -0.39 is 18.8 Å². The van der Waals surface area contributed by atoms with Crippen LogP contribution in [-0.4, -0.2) is 41.9 Å². The van der Waals surface area contributed by atoms with Crippen LogP contribution in [0.5, 0.6) is 0 Å². The van der Waals surface area contributed by atoms with Gasteiger partial charge in [-0.15, -0.1) is 0 Å². The summed E-state index contributed by atoms with van der Waals surface area (Å²) in [5.41, 5.74) is 1.43. The minimum absolute atomic E-state index is 0.00748. The Balaban J connectivity index is 1.99. The van der Waals surface area contributed by atoms with Crippen LogP contribution in [0.1, 0.15) is 71.6 Å². The summed E-state index contributed by atoms with van der Waals surface area (Å²) in [6.07, 6.45) is 1.55. The molecule has 3 atom stereocenters. The summed E-state index contributed by atoms with van der Waals surface area (Å²) >= 11 is 0. The highest BCUT2D eigenvalue weighted by molar-refractivity contribution is 6.74. The number of hydrogen-bond donors (Lipinski definition) is 0. The van der Waals surface area contributed by atoms with Crippen molar-refractivity contribution in [1.82, 2.24) is 4.90 Å². The van der Waals surface area contributed by atoms with Crippen LogP contribution >= 0.6 is 0 Å². The number of nitro groups is 1. The van der Waals surface area contributed by atoms with Crippen molar-refractivity contribution in [2.75, 3.05) is 0 Å². The smallest absolute Gasteiger partial charge is 0.410 e. The molecule has 0 saturated carbocycles. The Kier molecular flexibility index (Phi) is 8.54. The van der Waals surface area contributed by atoms with E-state index in [1.165, 1.54) is 12.1 Å². The van der Waals surface area contributed by atoms with Gasteiger partial charge < -0.3 is 9.16 Å². The highest BCUT2D eigenvalue weighted by Gasteiger charge is 2.47. The maximum absolute atomic E-state index is 13.7. The summed E-state index contributed by atoms with van der Waals surface area (Å²) in [6, 6.07) is 16.5. The van der Waals surface area contributed by atoms with Crippen molar-refractivity contribution in [3.05, 3.63) is 75.8 Å². The van der Waals surface area contributed by atoms with E-state index in [-0.39, 0.29) is 35.0 Å². The molecular weight excluding hydrogens is 484 g/mol. The average Bonchev–Trinajstić information content (AvgIpc) is 3.20. The number of nitrogens with zero attached hydrogens (tertiary/aromatic N) is 2. The monoisotopic (exact) mass is 526 g/mol. The van der Waals surface area contributed by atoms with Gasteiger partial charge in [0, 0.05) is 18.2 Å². The molecule has 0 N–H and O–H groups in total. The van der Waals surface area contributed by atoms with E-state index in [1.54, 1.807) is 12.1 Å². The normalized spacial score (nSPS) is 19.5. The maximum atomic E-state index is 13.7. The third-order valence-corrected chi connectivity index (χ3v) is 11.9. The lowest BCUT2D eigenvalue weighted by molar-refractivity contribution is -0.384. The molecule has 202 valence electrons. The Bertz CT molecular complexity index is 1070. The zero-order valence-electron chi connectivity index (χ0n) is 23.5. The molecule has 1 amide bonds. The summed E-state index contributed by atoms with van der Waals surface area (Å²) in [4.78, 5) is 26.3. The van der Waals surface area contributed by atoms with Gasteiger partial charge in [0.1, 0.15) is 5.60 Å². The van der Waals surface area contributed by atoms with E-state index >= 15 is 0 Å². The van der Waals surface area contributed by atoms with Crippen LogP contribution < -0.4 is 0 Å². The SMILES string of the molecule is CC(C)(C)OC(=O)N1[C@@H](Cc2ccc([N+](=O)[O-])cc2)CC[C@@H]1[C@H](O[Si](C)(C)C(C)(C)C)c1ccccc1. The Hall–Kier alpha value is -2.71. The first-order valence-electron chi connectivity index (χ1n) is 13.1. The Morgan fingerprint density at radius 1 is 1.03 bits per heavy atom. The van der Waals surface area contributed by atoms with Crippen molar-refractivity contribution in [2.45, 2.75) is 103 Å². The molecule has 2 aromatic rings. The first-order valence-corrected chi connectivity index (χ1v) is 16.0. The second kappa shape index (κ2) is 11.0. The van der Waals surface area contributed by atoms with Gasteiger partial charge in [-0.05, 0) is 69.3 Å². The van der Waals surface area contributed by atoms with Gasteiger partial charge in [-0.25, -0.2) is 4.79 Å². The first kappa shape index (κ1) is 28.9.